The smallest absolute Gasteiger partial charge is 0.414 e. The van der Waals surface area contributed by atoms with Crippen LogP contribution in [0.15, 0.2) is 29.0 Å². The third-order valence-electron chi connectivity index (χ3n) is 4.33. The Bertz CT molecular complexity index is 937. The average Bonchev–Trinajstić information content (AvgIpc) is 3.16. The van der Waals surface area contributed by atoms with E-state index in [0.717, 1.165) is 5.69 Å². The van der Waals surface area contributed by atoms with Gasteiger partial charge in [0.15, 0.2) is 5.76 Å². The van der Waals surface area contributed by atoms with Crippen LogP contribution < -0.4 is 14.8 Å². The Balaban J connectivity index is 1.78. The molecule has 0 saturated carbocycles. The Labute approximate surface area is 169 Å². The first-order chi connectivity index (χ1) is 13.3. The molecule has 3 rings (SSSR count). The molecule has 0 bridgehead atoms. The van der Waals surface area contributed by atoms with Gasteiger partial charge in [0.1, 0.15) is 19.0 Å². The van der Waals surface area contributed by atoms with E-state index in [-0.39, 0.29) is 19.0 Å². The second-order valence-corrected chi connectivity index (χ2v) is 7.34. The molecule has 1 aliphatic heterocycles. The lowest BCUT2D eigenvalue weighted by Crippen LogP contribution is -2.33. The Morgan fingerprint density at radius 3 is 2.86 bits per heavy atom. The van der Waals surface area contributed by atoms with Crippen LogP contribution in [-0.4, -0.2) is 31.2 Å². The molecule has 1 aliphatic rings. The van der Waals surface area contributed by atoms with Crippen LogP contribution in [0.2, 0.25) is 0 Å². The zero-order valence-electron chi connectivity index (χ0n) is 15.7. The molecule has 1 N–H and O–H groups in total. The van der Waals surface area contributed by atoms with Crippen molar-refractivity contribution in [2.45, 2.75) is 20.0 Å². The van der Waals surface area contributed by atoms with Crippen molar-refractivity contribution in [3.05, 3.63) is 47.4 Å². The van der Waals surface area contributed by atoms with Gasteiger partial charge in [-0.2, -0.15) is 4.57 Å². The van der Waals surface area contributed by atoms with Crippen LogP contribution in [0.4, 0.5) is 14.9 Å². The number of anilines is 1. The van der Waals surface area contributed by atoms with Crippen LogP contribution >= 0.6 is 15.9 Å². The maximum atomic E-state index is 14.7. The summed E-state index contributed by atoms with van der Waals surface area (Å²) in [5, 5.41) is 2.61. The first kappa shape index (κ1) is 20.1. The van der Waals surface area contributed by atoms with Gasteiger partial charge >= 0.3 is 12.5 Å². The number of hydrogen-bond donors (Lipinski definition) is 1. The molecule has 2 heterocycles. The number of amides is 2. The minimum atomic E-state index is -0.569. The average molecular weight is 453 g/mol. The maximum Gasteiger partial charge on any atom is 0.414 e. The normalized spacial score (nSPS) is 17.0. The van der Waals surface area contributed by atoms with Gasteiger partial charge in [-0.3, -0.25) is 9.69 Å². The zero-order chi connectivity index (χ0) is 20.4. The molecular weight excluding hydrogens is 433 g/mol. The standard InChI is InChI=1S/C19H19BrFN3O4/c1-11-18(23(3)10-27-11)16(20)6-13-4-5-14(7-17(13)21)24-9-15(28-19(24)26)8-22-12(2)25/h4-7,10,15H,8-9H2,1-3H3/p+1/b16-6-/t15-/m0/s1. The minimum Gasteiger partial charge on any atom is -0.442 e. The van der Waals surface area contributed by atoms with Crippen molar-refractivity contribution in [3.8, 4) is 0 Å². The Hall–Kier alpha value is -2.68. The van der Waals surface area contributed by atoms with Crippen LogP contribution in [0.3, 0.4) is 0 Å². The number of aryl methyl sites for hydroxylation is 2. The van der Waals surface area contributed by atoms with Gasteiger partial charge in [-0.25, -0.2) is 9.18 Å². The number of hydrogen-bond acceptors (Lipinski definition) is 4. The van der Waals surface area contributed by atoms with Gasteiger partial charge in [0.05, 0.1) is 23.3 Å². The predicted octanol–water partition coefficient (Wildman–Crippen LogP) is 2.91. The summed E-state index contributed by atoms with van der Waals surface area (Å²) in [6, 6.07) is 4.53. The van der Waals surface area contributed by atoms with E-state index in [4.69, 9.17) is 9.15 Å². The third-order valence-corrected chi connectivity index (χ3v) is 4.94. The van der Waals surface area contributed by atoms with Crippen molar-refractivity contribution in [1.29, 1.82) is 0 Å². The van der Waals surface area contributed by atoms with Gasteiger partial charge in [-0.15, -0.1) is 0 Å². The Morgan fingerprint density at radius 1 is 1.50 bits per heavy atom. The summed E-state index contributed by atoms with van der Waals surface area (Å²) in [7, 11) is 1.83. The molecule has 1 saturated heterocycles. The number of benzene rings is 1. The molecule has 1 atom stereocenters. The van der Waals surface area contributed by atoms with E-state index in [0.29, 0.717) is 21.5 Å². The molecule has 0 spiro atoms. The summed E-state index contributed by atoms with van der Waals surface area (Å²) in [6.07, 6.45) is 2.17. The number of ether oxygens (including phenoxy) is 1. The molecule has 0 aliphatic carbocycles. The number of cyclic esters (lactones) is 1. The highest BCUT2D eigenvalue weighted by atomic mass is 79.9. The van der Waals surface area contributed by atoms with Crippen LogP contribution in [0.5, 0.6) is 0 Å². The van der Waals surface area contributed by atoms with E-state index < -0.39 is 18.0 Å². The number of nitrogens with zero attached hydrogens (tertiary/aromatic N) is 2. The quantitative estimate of drug-likeness (QED) is 0.707. The highest BCUT2D eigenvalue weighted by Crippen LogP contribution is 2.28. The largest absolute Gasteiger partial charge is 0.442 e. The summed E-state index contributed by atoms with van der Waals surface area (Å²) < 4.78 is 27.7. The lowest BCUT2D eigenvalue weighted by Gasteiger charge is -2.14. The number of carbonyl (C=O) groups is 2. The fourth-order valence-electron chi connectivity index (χ4n) is 2.95. The van der Waals surface area contributed by atoms with Gasteiger partial charge in [0.25, 0.3) is 5.69 Å². The fourth-order valence-corrected chi connectivity index (χ4v) is 3.76. The zero-order valence-corrected chi connectivity index (χ0v) is 17.2. The van der Waals surface area contributed by atoms with E-state index in [2.05, 4.69) is 21.2 Å². The third kappa shape index (κ3) is 4.24. The molecule has 148 valence electrons. The molecule has 28 heavy (non-hydrogen) atoms. The van der Waals surface area contributed by atoms with Crippen molar-refractivity contribution < 1.29 is 27.7 Å². The summed E-state index contributed by atoms with van der Waals surface area (Å²) in [4.78, 5) is 24.4. The van der Waals surface area contributed by atoms with Gasteiger partial charge in [0.2, 0.25) is 5.91 Å². The Morgan fingerprint density at radius 2 is 2.25 bits per heavy atom. The topological polar surface area (TPSA) is 75.7 Å². The second-order valence-electron chi connectivity index (χ2n) is 6.49. The van der Waals surface area contributed by atoms with Crippen molar-refractivity contribution in [3.63, 3.8) is 0 Å². The second kappa shape index (κ2) is 8.14. The van der Waals surface area contributed by atoms with Crippen molar-refractivity contribution in [1.82, 2.24) is 5.32 Å². The molecule has 2 amide bonds. The molecule has 1 aromatic heterocycles. The first-order valence-corrected chi connectivity index (χ1v) is 9.39. The molecule has 1 fully saturated rings. The molecule has 0 unspecified atom stereocenters. The first-order valence-electron chi connectivity index (χ1n) is 8.59. The van der Waals surface area contributed by atoms with Gasteiger partial charge in [-0.1, -0.05) is 0 Å². The number of halogens is 2. The number of carbonyl (C=O) groups excluding carboxylic acids is 2. The summed E-state index contributed by atoms with van der Waals surface area (Å²) in [6.45, 7) is 3.66. The van der Waals surface area contributed by atoms with Crippen LogP contribution in [-0.2, 0) is 16.6 Å². The highest BCUT2D eigenvalue weighted by molar-refractivity contribution is 9.15. The lowest BCUT2D eigenvalue weighted by molar-refractivity contribution is -0.676. The lowest BCUT2D eigenvalue weighted by atomic mass is 10.1. The molecule has 0 radical (unpaired) electrons. The summed E-state index contributed by atoms with van der Waals surface area (Å²) in [5.74, 6) is 0.0209. The van der Waals surface area contributed by atoms with E-state index in [1.54, 1.807) is 29.2 Å². The summed E-state index contributed by atoms with van der Waals surface area (Å²) >= 11 is 3.46. The SMILES string of the molecule is CC(=O)NC[C@H]1CN(c2ccc(/C=C(\Br)c3c(C)oc[n+]3C)c(F)c2)C(=O)O1. The Kier molecular flexibility index (Phi) is 5.83. The van der Waals surface area contributed by atoms with E-state index in [1.807, 2.05) is 14.0 Å². The molecule has 9 heteroatoms. The van der Waals surface area contributed by atoms with Crippen molar-refractivity contribution in [2.24, 2.45) is 7.05 Å². The van der Waals surface area contributed by atoms with Crippen LogP contribution in [0.25, 0.3) is 10.6 Å². The minimum absolute atomic E-state index is 0.205. The predicted molar refractivity (Wildman–Crippen MR) is 104 cm³/mol. The highest BCUT2D eigenvalue weighted by Gasteiger charge is 2.32. The van der Waals surface area contributed by atoms with E-state index in [1.165, 1.54) is 17.9 Å². The monoisotopic (exact) mass is 452 g/mol. The van der Waals surface area contributed by atoms with Crippen LogP contribution in [0.1, 0.15) is 23.9 Å². The van der Waals surface area contributed by atoms with Crippen LogP contribution in [0, 0.1) is 12.7 Å². The van der Waals surface area contributed by atoms with E-state index in [9.17, 15) is 14.0 Å². The van der Waals surface area contributed by atoms with Gasteiger partial charge in [0, 0.05) is 19.4 Å². The fraction of sp³-hybridized carbons (Fsp3) is 0.316. The van der Waals surface area contributed by atoms with E-state index >= 15 is 0 Å². The number of nitrogens with one attached hydrogen (secondary N) is 1. The summed E-state index contributed by atoms with van der Waals surface area (Å²) in [5.41, 5.74) is 1.55. The molecular formula is C19H20BrFN3O4+. The number of oxazole rings is 1. The molecule has 1 aromatic carbocycles. The molecule has 2 aromatic rings. The van der Waals surface area contributed by atoms with Gasteiger partial charge in [-0.05, 0) is 40.2 Å². The van der Waals surface area contributed by atoms with Gasteiger partial charge < -0.3 is 14.5 Å². The molecule has 7 nitrogen and oxygen atoms in total. The number of aromatic nitrogens is 1. The maximum absolute atomic E-state index is 14.7. The van der Waals surface area contributed by atoms with Crippen molar-refractivity contribution in [2.75, 3.05) is 18.0 Å². The number of rotatable bonds is 5. The van der Waals surface area contributed by atoms with Crippen molar-refractivity contribution >= 4 is 44.2 Å².